The van der Waals surface area contributed by atoms with Gasteiger partial charge in [0.1, 0.15) is 0 Å². The molecule has 0 bridgehead atoms. The molecule has 274 valence electrons. The highest BCUT2D eigenvalue weighted by molar-refractivity contribution is 6.39. The van der Waals surface area contributed by atoms with Crippen LogP contribution >= 0.6 is 23.2 Å². The maximum absolute atomic E-state index is 13.6. The molecule has 1 aromatic carbocycles. The molecule has 2 saturated heterocycles. The van der Waals surface area contributed by atoms with Crippen molar-refractivity contribution >= 4 is 40.7 Å². The number of pyridine rings is 2. The fourth-order valence-corrected chi connectivity index (χ4v) is 7.91. The Morgan fingerprint density at radius 1 is 1.06 bits per heavy atom. The maximum atomic E-state index is 13.6. The number of hydrogen-bond donors (Lipinski definition) is 3. The third-order valence-corrected chi connectivity index (χ3v) is 11.1. The molecule has 2 amide bonds. The molecule has 12 nitrogen and oxygen atoms in total. The lowest BCUT2D eigenvalue weighted by molar-refractivity contribution is -0.119. The second kappa shape index (κ2) is 16.3. The topological polar surface area (TPSA) is 136 Å². The van der Waals surface area contributed by atoms with E-state index in [1.54, 1.807) is 31.5 Å². The molecule has 6 heterocycles. The quantitative estimate of drug-likeness (QED) is 0.168. The molecule has 1 atom stereocenters. The molecule has 7 rings (SSSR count). The van der Waals surface area contributed by atoms with Crippen molar-refractivity contribution < 1.29 is 19.1 Å². The summed E-state index contributed by atoms with van der Waals surface area (Å²) >= 11 is 14.0. The summed E-state index contributed by atoms with van der Waals surface area (Å²) in [6.07, 6.45) is 7.32. The predicted octanol–water partition coefficient (Wildman–Crippen LogP) is 5.65. The minimum Gasteiger partial charge on any atom is -0.481 e. The van der Waals surface area contributed by atoms with Gasteiger partial charge in [-0.05, 0) is 56.3 Å². The van der Waals surface area contributed by atoms with E-state index in [-0.39, 0.29) is 17.9 Å². The van der Waals surface area contributed by atoms with E-state index in [0.717, 1.165) is 81.9 Å². The number of halogens is 2. The number of imidazole rings is 1. The molecule has 52 heavy (non-hydrogen) atoms. The number of carbonyl (C=O) groups is 2. The van der Waals surface area contributed by atoms with Crippen LogP contribution in [0.5, 0.6) is 5.88 Å². The summed E-state index contributed by atoms with van der Waals surface area (Å²) in [6.45, 7) is 5.63. The van der Waals surface area contributed by atoms with Crippen LogP contribution in [-0.2, 0) is 36.1 Å². The third-order valence-electron chi connectivity index (χ3n) is 10.3. The summed E-state index contributed by atoms with van der Waals surface area (Å²) < 4.78 is 13.0. The lowest BCUT2D eigenvalue weighted by atomic mass is 9.96. The van der Waals surface area contributed by atoms with Crippen LogP contribution in [0, 0.1) is 5.92 Å². The second-order valence-corrected chi connectivity index (χ2v) is 14.5. The normalized spacial score (nSPS) is 17.9. The number of amides is 2. The Hall–Kier alpha value is -4.07. The fraction of sp³-hybridized carbons (Fsp3) is 0.447. The number of fused-ring (bicyclic) bond motifs is 1. The van der Waals surface area contributed by atoms with Gasteiger partial charge in [0.25, 0.3) is 5.91 Å². The lowest BCUT2D eigenvalue weighted by Crippen LogP contribution is -2.35. The van der Waals surface area contributed by atoms with Gasteiger partial charge in [-0.3, -0.25) is 19.5 Å². The number of ether oxygens (including phenoxy) is 2. The summed E-state index contributed by atoms with van der Waals surface area (Å²) in [6, 6.07) is 11.1. The Kier molecular flexibility index (Phi) is 11.4. The Morgan fingerprint density at radius 2 is 1.90 bits per heavy atom. The summed E-state index contributed by atoms with van der Waals surface area (Å²) in [5.74, 6) is 1.29. The molecule has 14 heteroatoms. The average molecular weight is 748 g/mol. The molecule has 4 aromatic rings. The van der Waals surface area contributed by atoms with E-state index < -0.39 is 0 Å². The van der Waals surface area contributed by atoms with E-state index in [1.165, 1.54) is 0 Å². The molecule has 3 aliphatic rings. The van der Waals surface area contributed by atoms with Crippen LogP contribution in [0.2, 0.25) is 10.0 Å². The number of benzene rings is 1. The first-order chi connectivity index (χ1) is 25.3. The van der Waals surface area contributed by atoms with Crippen molar-refractivity contribution in [2.75, 3.05) is 45.3 Å². The van der Waals surface area contributed by atoms with Crippen LogP contribution < -0.4 is 20.7 Å². The van der Waals surface area contributed by atoms with Crippen molar-refractivity contribution in [2.24, 2.45) is 13.0 Å². The Morgan fingerprint density at radius 3 is 2.69 bits per heavy atom. The Bertz CT molecular complexity index is 1950. The van der Waals surface area contributed by atoms with Crippen molar-refractivity contribution in [2.45, 2.75) is 57.7 Å². The van der Waals surface area contributed by atoms with E-state index in [4.69, 9.17) is 42.6 Å². The molecule has 0 radical (unpaired) electrons. The van der Waals surface area contributed by atoms with Crippen LogP contribution in [0.3, 0.4) is 0 Å². The van der Waals surface area contributed by atoms with Crippen molar-refractivity contribution in [3.05, 3.63) is 75.4 Å². The smallest absolute Gasteiger partial charge is 0.291 e. The predicted molar refractivity (Wildman–Crippen MR) is 201 cm³/mol. The fourth-order valence-electron chi connectivity index (χ4n) is 7.34. The first-order valence-electron chi connectivity index (χ1n) is 17.9. The number of methoxy groups -OCH3 is 1. The summed E-state index contributed by atoms with van der Waals surface area (Å²) in [7, 11) is 3.48. The minimum absolute atomic E-state index is 0.0907. The van der Waals surface area contributed by atoms with Gasteiger partial charge in [-0.1, -0.05) is 41.4 Å². The number of nitrogens with zero attached hydrogens (tertiary/aromatic N) is 5. The number of aromatic nitrogens is 4. The van der Waals surface area contributed by atoms with Gasteiger partial charge < -0.3 is 30.0 Å². The number of hydrogen-bond acceptors (Lipinski definition) is 9. The standard InChI is InChI=1S/C38H44Cl2N8O4/c1-47-31-12-17-48(16-11-23-13-18-52-19-14-23)22-30(31)44-36(47)37(50)45-29-5-3-4-27(33(29)39)35-34(40)26(10-15-42-35)28-8-6-24(38(46-28)51-2)20-41-21-25-7-9-32(49)43-25/h3-6,8,10,15,23,25,41H,7,9,11-14,16-22H2,1-2H3,(H,43,49)(H,45,50)/t25-/m1/s1. The molecule has 0 spiro atoms. The minimum atomic E-state index is -0.337. The van der Waals surface area contributed by atoms with Crippen molar-refractivity contribution in [3.8, 4) is 28.4 Å². The Balaban J connectivity index is 1.04. The van der Waals surface area contributed by atoms with Gasteiger partial charge in [0.15, 0.2) is 5.82 Å². The number of anilines is 1. The van der Waals surface area contributed by atoms with Crippen LogP contribution in [0.1, 0.15) is 59.7 Å². The molecular weight excluding hydrogens is 703 g/mol. The van der Waals surface area contributed by atoms with Crippen LogP contribution in [0.25, 0.3) is 22.5 Å². The summed E-state index contributed by atoms with van der Waals surface area (Å²) in [4.78, 5) is 41.7. The number of rotatable bonds is 12. The van der Waals surface area contributed by atoms with Gasteiger partial charge in [0.2, 0.25) is 11.8 Å². The van der Waals surface area contributed by atoms with E-state index in [9.17, 15) is 9.59 Å². The van der Waals surface area contributed by atoms with Crippen molar-refractivity contribution in [1.82, 2.24) is 35.1 Å². The zero-order valence-electron chi connectivity index (χ0n) is 29.5. The van der Waals surface area contributed by atoms with Gasteiger partial charge in [0.05, 0.1) is 39.9 Å². The zero-order valence-corrected chi connectivity index (χ0v) is 31.0. The molecule has 3 N–H and O–H groups in total. The van der Waals surface area contributed by atoms with E-state index >= 15 is 0 Å². The highest BCUT2D eigenvalue weighted by Crippen LogP contribution is 2.40. The van der Waals surface area contributed by atoms with Crippen molar-refractivity contribution in [1.29, 1.82) is 0 Å². The number of nitrogens with one attached hydrogen (secondary N) is 3. The van der Waals surface area contributed by atoms with Gasteiger partial charge in [-0.2, -0.15) is 0 Å². The largest absolute Gasteiger partial charge is 0.481 e. The van der Waals surface area contributed by atoms with Gasteiger partial charge >= 0.3 is 0 Å². The zero-order chi connectivity index (χ0) is 36.2. The highest BCUT2D eigenvalue weighted by atomic mass is 35.5. The first kappa shape index (κ1) is 36.3. The Labute approximate surface area is 313 Å². The molecule has 3 aromatic heterocycles. The average Bonchev–Trinajstić information content (AvgIpc) is 3.73. The molecule has 0 aliphatic carbocycles. The van der Waals surface area contributed by atoms with Crippen LogP contribution in [0.4, 0.5) is 5.69 Å². The highest BCUT2D eigenvalue weighted by Gasteiger charge is 2.27. The van der Waals surface area contributed by atoms with Gasteiger partial charge in [0, 0.05) is 93.9 Å². The molecule has 3 aliphatic heterocycles. The molecule has 2 fully saturated rings. The third kappa shape index (κ3) is 7.96. The van der Waals surface area contributed by atoms with Crippen LogP contribution in [-0.4, -0.2) is 82.2 Å². The van der Waals surface area contributed by atoms with Crippen LogP contribution in [0.15, 0.2) is 42.6 Å². The van der Waals surface area contributed by atoms with Gasteiger partial charge in [-0.25, -0.2) is 9.97 Å². The first-order valence-corrected chi connectivity index (χ1v) is 18.7. The van der Waals surface area contributed by atoms with Crippen molar-refractivity contribution in [3.63, 3.8) is 0 Å². The second-order valence-electron chi connectivity index (χ2n) is 13.7. The lowest BCUT2D eigenvalue weighted by Gasteiger charge is -2.29. The van der Waals surface area contributed by atoms with E-state index in [1.807, 2.05) is 29.8 Å². The van der Waals surface area contributed by atoms with Gasteiger partial charge in [-0.15, -0.1) is 0 Å². The van der Waals surface area contributed by atoms with E-state index in [0.29, 0.717) is 75.4 Å². The molecular formula is C38H44Cl2N8O4. The summed E-state index contributed by atoms with van der Waals surface area (Å²) in [5.41, 5.74) is 5.64. The summed E-state index contributed by atoms with van der Waals surface area (Å²) in [5, 5.41) is 10.0. The SMILES string of the molecule is COc1nc(-c2ccnc(-c3cccc(NC(=O)c4nc5c(n4C)CCN(CCC4CCOCC4)C5)c3Cl)c2Cl)ccc1CNC[C@H]1CCC(=O)N1. The monoisotopic (exact) mass is 746 g/mol. The molecule has 0 unspecified atom stereocenters. The maximum Gasteiger partial charge on any atom is 0.291 e. The molecule has 0 saturated carbocycles. The number of carbonyl (C=O) groups excluding carboxylic acids is 2. The van der Waals surface area contributed by atoms with E-state index in [2.05, 4.69) is 25.8 Å².